The van der Waals surface area contributed by atoms with Gasteiger partial charge in [-0.3, -0.25) is 19.3 Å². The van der Waals surface area contributed by atoms with E-state index in [-0.39, 0.29) is 28.2 Å². The Bertz CT molecular complexity index is 534. The van der Waals surface area contributed by atoms with Crippen LogP contribution in [-0.2, 0) is 0 Å². The smallest absolute Gasteiger partial charge is 0.262 e. The monoisotopic (exact) mass is 218 g/mol. The second-order valence-electron chi connectivity index (χ2n) is 3.68. The van der Waals surface area contributed by atoms with Gasteiger partial charge in [0, 0.05) is 12.7 Å². The average molecular weight is 218 g/mol. The molecule has 0 unspecified atom stereocenters. The van der Waals surface area contributed by atoms with Gasteiger partial charge < -0.3 is 5.73 Å². The van der Waals surface area contributed by atoms with E-state index in [1.54, 1.807) is 0 Å². The number of nitrogens with two attached hydrogens (primary N) is 1. The van der Waals surface area contributed by atoms with E-state index in [1.165, 1.54) is 26.1 Å². The zero-order valence-corrected chi connectivity index (χ0v) is 8.90. The van der Waals surface area contributed by atoms with Crippen LogP contribution < -0.4 is 5.73 Å². The van der Waals surface area contributed by atoms with E-state index < -0.39 is 11.8 Å². The van der Waals surface area contributed by atoms with Crippen molar-refractivity contribution in [3.05, 3.63) is 28.8 Å². The summed E-state index contributed by atoms with van der Waals surface area (Å²) >= 11 is 0. The highest BCUT2D eigenvalue weighted by Gasteiger charge is 2.36. The van der Waals surface area contributed by atoms with Gasteiger partial charge in [-0.25, -0.2) is 0 Å². The van der Waals surface area contributed by atoms with Gasteiger partial charge in [0.2, 0.25) is 0 Å². The molecule has 2 amide bonds. The number of carbonyl (C=O) groups is 3. The number of fused-ring (bicyclic) bond motifs is 1. The van der Waals surface area contributed by atoms with E-state index >= 15 is 0 Å². The average Bonchev–Trinajstić information content (AvgIpc) is 2.43. The minimum absolute atomic E-state index is 0.125. The third-order valence-corrected chi connectivity index (χ3v) is 2.64. The molecule has 0 saturated carbocycles. The Hall–Kier alpha value is -2.17. The van der Waals surface area contributed by atoms with Crippen LogP contribution in [0.5, 0.6) is 0 Å². The Morgan fingerprint density at radius 2 is 1.88 bits per heavy atom. The second kappa shape index (κ2) is 3.16. The van der Waals surface area contributed by atoms with Crippen LogP contribution in [0.15, 0.2) is 12.1 Å². The van der Waals surface area contributed by atoms with Crippen molar-refractivity contribution in [1.82, 2.24) is 4.90 Å². The maximum Gasteiger partial charge on any atom is 0.262 e. The SMILES string of the molecule is CC(=O)c1c(N)ccc2c1C(=O)N(C)C2=O. The molecule has 2 rings (SSSR count). The summed E-state index contributed by atoms with van der Waals surface area (Å²) in [6.45, 7) is 1.32. The van der Waals surface area contributed by atoms with Crippen LogP contribution in [0.4, 0.5) is 5.69 Å². The molecule has 0 spiro atoms. The normalized spacial score (nSPS) is 14.2. The van der Waals surface area contributed by atoms with Gasteiger partial charge in [0.05, 0.1) is 16.7 Å². The van der Waals surface area contributed by atoms with Crippen LogP contribution in [0.3, 0.4) is 0 Å². The Balaban J connectivity index is 2.81. The molecule has 82 valence electrons. The number of imide groups is 1. The number of benzene rings is 1. The fourth-order valence-corrected chi connectivity index (χ4v) is 1.84. The van der Waals surface area contributed by atoms with Crippen molar-refractivity contribution < 1.29 is 14.4 Å². The molecule has 0 radical (unpaired) electrons. The lowest BCUT2D eigenvalue weighted by molar-refractivity contribution is 0.0691. The van der Waals surface area contributed by atoms with Crippen molar-refractivity contribution in [2.45, 2.75) is 6.92 Å². The van der Waals surface area contributed by atoms with Gasteiger partial charge in [0.25, 0.3) is 11.8 Å². The van der Waals surface area contributed by atoms with Crippen molar-refractivity contribution in [3.63, 3.8) is 0 Å². The Morgan fingerprint density at radius 1 is 1.25 bits per heavy atom. The third-order valence-electron chi connectivity index (χ3n) is 2.64. The summed E-state index contributed by atoms with van der Waals surface area (Å²) in [4.78, 5) is 35.8. The lowest BCUT2D eigenvalue weighted by Crippen LogP contribution is -2.24. The summed E-state index contributed by atoms with van der Waals surface area (Å²) in [5, 5.41) is 0. The van der Waals surface area contributed by atoms with Crippen molar-refractivity contribution in [3.8, 4) is 0 Å². The molecule has 0 saturated heterocycles. The first-order chi connectivity index (χ1) is 7.45. The van der Waals surface area contributed by atoms with Gasteiger partial charge in [0.15, 0.2) is 5.78 Å². The van der Waals surface area contributed by atoms with Gasteiger partial charge in [-0.15, -0.1) is 0 Å². The molecule has 0 bridgehead atoms. The van der Waals surface area contributed by atoms with E-state index in [4.69, 9.17) is 5.73 Å². The van der Waals surface area contributed by atoms with Gasteiger partial charge in [-0.05, 0) is 19.1 Å². The van der Waals surface area contributed by atoms with E-state index in [2.05, 4.69) is 0 Å². The van der Waals surface area contributed by atoms with Crippen molar-refractivity contribution in [2.75, 3.05) is 12.8 Å². The summed E-state index contributed by atoms with van der Waals surface area (Å²) < 4.78 is 0. The van der Waals surface area contributed by atoms with E-state index in [1.807, 2.05) is 0 Å². The zero-order chi connectivity index (χ0) is 12.0. The topological polar surface area (TPSA) is 80.5 Å². The quantitative estimate of drug-likeness (QED) is 0.427. The standard InChI is InChI=1S/C11H10N2O3/c1-5(14)8-7(12)4-3-6-9(8)11(16)13(2)10(6)15/h3-4H,12H2,1-2H3. The van der Waals surface area contributed by atoms with E-state index in [0.717, 1.165) is 4.90 Å². The van der Waals surface area contributed by atoms with Crippen LogP contribution >= 0.6 is 0 Å². The first kappa shape index (κ1) is 10.4. The van der Waals surface area contributed by atoms with Gasteiger partial charge in [-0.1, -0.05) is 0 Å². The summed E-state index contributed by atoms with van der Waals surface area (Å²) in [5.41, 5.74) is 6.38. The molecule has 1 aromatic carbocycles. The number of anilines is 1. The summed E-state index contributed by atoms with van der Waals surface area (Å²) in [5.74, 6) is -1.19. The number of nitrogens with zero attached hydrogens (tertiary/aromatic N) is 1. The summed E-state index contributed by atoms with van der Waals surface area (Å²) in [7, 11) is 1.38. The number of carbonyl (C=O) groups excluding carboxylic acids is 3. The molecular weight excluding hydrogens is 208 g/mol. The van der Waals surface area contributed by atoms with Gasteiger partial charge in [-0.2, -0.15) is 0 Å². The number of nitrogen functional groups attached to an aromatic ring is 1. The molecule has 0 atom stereocenters. The Kier molecular flexibility index (Phi) is 2.05. The maximum atomic E-state index is 11.8. The first-order valence-corrected chi connectivity index (χ1v) is 4.71. The zero-order valence-electron chi connectivity index (χ0n) is 8.90. The van der Waals surface area contributed by atoms with Crippen LogP contribution in [0.1, 0.15) is 38.0 Å². The second-order valence-corrected chi connectivity index (χ2v) is 3.68. The van der Waals surface area contributed by atoms with Crippen molar-refractivity contribution >= 4 is 23.3 Å². The van der Waals surface area contributed by atoms with Crippen molar-refractivity contribution in [2.24, 2.45) is 0 Å². The lowest BCUT2D eigenvalue weighted by Gasteiger charge is -2.06. The largest absolute Gasteiger partial charge is 0.398 e. The molecular formula is C11H10N2O3. The fourth-order valence-electron chi connectivity index (χ4n) is 1.84. The predicted molar refractivity (Wildman–Crippen MR) is 57.3 cm³/mol. The molecule has 1 heterocycles. The minimum atomic E-state index is -0.475. The molecule has 1 aliphatic heterocycles. The number of Topliss-reactive ketones (excluding diaryl/α,β-unsaturated/α-hetero) is 1. The molecule has 2 N–H and O–H groups in total. The Labute approximate surface area is 91.8 Å². The Morgan fingerprint density at radius 3 is 2.44 bits per heavy atom. The van der Waals surface area contributed by atoms with Crippen LogP contribution in [0.2, 0.25) is 0 Å². The van der Waals surface area contributed by atoms with Crippen LogP contribution in [0.25, 0.3) is 0 Å². The predicted octanol–water partition coefficient (Wildman–Crippen LogP) is 0.697. The molecule has 1 aromatic rings. The molecule has 5 nitrogen and oxygen atoms in total. The van der Waals surface area contributed by atoms with Gasteiger partial charge in [0.1, 0.15) is 0 Å². The highest BCUT2D eigenvalue weighted by atomic mass is 16.2. The van der Waals surface area contributed by atoms with Gasteiger partial charge >= 0.3 is 0 Å². The first-order valence-electron chi connectivity index (χ1n) is 4.71. The number of amides is 2. The molecule has 0 fully saturated rings. The van der Waals surface area contributed by atoms with E-state index in [0.29, 0.717) is 0 Å². The third kappa shape index (κ3) is 1.14. The molecule has 1 aliphatic rings. The van der Waals surface area contributed by atoms with Crippen LogP contribution in [-0.4, -0.2) is 29.5 Å². The highest BCUT2D eigenvalue weighted by Crippen LogP contribution is 2.29. The lowest BCUT2D eigenvalue weighted by atomic mass is 9.98. The molecule has 0 aromatic heterocycles. The number of hydrogen-bond donors (Lipinski definition) is 1. The molecule has 5 heteroatoms. The van der Waals surface area contributed by atoms with E-state index in [9.17, 15) is 14.4 Å². The molecule has 0 aliphatic carbocycles. The molecule has 16 heavy (non-hydrogen) atoms. The summed E-state index contributed by atoms with van der Waals surface area (Å²) in [6.07, 6.45) is 0. The van der Waals surface area contributed by atoms with Crippen molar-refractivity contribution in [1.29, 1.82) is 0 Å². The maximum absolute atomic E-state index is 11.8. The number of ketones is 1. The number of hydrogen-bond acceptors (Lipinski definition) is 4. The number of rotatable bonds is 1. The minimum Gasteiger partial charge on any atom is -0.398 e. The highest BCUT2D eigenvalue weighted by molar-refractivity contribution is 6.25. The van der Waals surface area contributed by atoms with Crippen LogP contribution in [0, 0.1) is 0 Å². The fraction of sp³-hybridized carbons (Fsp3) is 0.182. The summed E-state index contributed by atoms with van der Waals surface area (Å²) in [6, 6.07) is 2.95.